The van der Waals surface area contributed by atoms with Crippen molar-refractivity contribution in [1.82, 2.24) is 9.55 Å². The first kappa shape index (κ1) is 10.9. The third-order valence-electron chi connectivity index (χ3n) is 2.96. The zero-order valence-corrected chi connectivity index (χ0v) is 9.96. The first-order chi connectivity index (χ1) is 7.25. The van der Waals surface area contributed by atoms with Gasteiger partial charge in [0.25, 0.3) is 0 Å². The average Bonchev–Trinajstić information content (AvgIpc) is 2.56. The first-order valence-electron chi connectivity index (χ1n) is 5.58. The van der Waals surface area contributed by atoms with Crippen molar-refractivity contribution in [2.75, 3.05) is 0 Å². The lowest BCUT2D eigenvalue weighted by Gasteiger charge is -2.20. The minimum absolute atomic E-state index is 0.136. The molecule has 1 aromatic rings. The number of imidazole rings is 1. The van der Waals surface area contributed by atoms with Gasteiger partial charge in [0.1, 0.15) is 5.82 Å². The summed E-state index contributed by atoms with van der Waals surface area (Å²) in [5, 5.41) is 10.0. The van der Waals surface area contributed by atoms with Gasteiger partial charge in [-0.05, 0) is 12.8 Å². The lowest BCUT2D eigenvalue weighted by Crippen LogP contribution is -2.09. The van der Waals surface area contributed by atoms with E-state index in [-0.39, 0.29) is 5.88 Å². The van der Waals surface area contributed by atoms with Crippen LogP contribution in [-0.2, 0) is 12.8 Å². The lowest BCUT2D eigenvalue weighted by molar-refractivity contribution is 0.455. The Kier molecular flexibility index (Phi) is 3.57. The van der Waals surface area contributed by atoms with Gasteiger partial charge in [0, 0.05) is 12.3 Å². The summed E-state index contributed by atoms with van der Waals surface area (Å²) in [7, 11) is 1.93. The van der Waals surface area contributed by atoms with Crippen LogP contribution in [0.2, 0.25) is 0 Å². The fraction of sp³-hybridized carbons (Fsp3) is 0.727. The van der Waals surface area contributed by atoms with Crippen LogP contribution in [0.5, 0.6) is 5.88 Å². The molecule has 1 fully saturated rings. The Labute approximate surface area is 94.9 Å². The highest BCUT2D eigenvalue weighted by Crippen LogP contribution is 2.30. The van der Waals surface area contributed by atoms with Crippen LogP contribution in [-0.4, -0.2) is 19.9 Å². The molecule has 0 aromatic carbocycles. The van der Waals surface area contributed by atoms with Crippen LogP contribution >= 0.6 is 11.8 Å². The molecule has 1 saturated carbocycles. The van der Waals surface area contributed by atoms with Crippen LogP contribution in [0.3, 0.4) is 0 Å². The maximum atomic E-state index is 9.23. The van der Waals surface area contributed by atoms with Crippen molar-refractivity contribution >= 4 is 11.8 Å². The maximum Gasteiger partial charge on any atom is 0.229 e. The summed E-state index contributed by atoms with van der Waals surface area (Å²) in [6.45, 7) is 0. The van der Waals surface area contributed by atoms with Crippen molar-refractivity contribution in [3.05, 3.63) is 12.0 Å². The second kappa shape index (κ2) is 4.92. The molecule has 0 aliphatic heterocycles. The zero-order chi connectivity index (χ0) is 10.7. The van der Waals surface area contributed by atoms with E-state index in [0.29, 0.717) is 0 Å². The Morgan fingerprint density at radius 1 is 1.47 bits per heavy atom. The number of thioether (sulfide) groups is 1. The third kappa shape index (κ3) is 2.91. The van der Waals surface area contributed by atoms with E-state index in [4.69, 9.17) is 0 Å². The predicted octanol–water partition coefficient (Wildman–Crippen LogP) is 2.69. The molecule has 1 aliphatic carbocycles. The Morgan fingerprint density at radius 2 is 2.20 bits per heavy atom. The average molecular weight is 226 g/mol. The van der Waals surface area contributed by atoms with E-state index < -0.39 is 0 Å². The topological polar surface area (TPSA) is 38.0 Å². The van der Waals surface area contributed by atoms with Crippen LogP contribution in [0.15, 0.2) is 6.20 Å². The molecular weight excluding hydrogens is 208 g/mol. The van der Waals surface area contributed by atoms with Crippen LogP contribution in [0.1, 0.15) is 37.9 Å². The van der Waals surface area contributed by atoms with Gasteiger partial charge in [0.05, 0.1) is 11.9 Å². The van der Waals surface area contributed by atoms with E-state index in [1.54, 1.807) is 6.20 Å². The number of nitrogens with zero attached hydrogens (tertiary/aromatic N) is 2. The molecule has 0 unspecified atom stereocenters. The second-order valence-corrected chi connectivity index (χ2v) is 5.49. The molecule has 0 bridgehead atoms. The van der Waals surface area contributed by atoms with E-state index >= 15 is 0 Å². The van der Waals surface area contributed by atoms with Gasteiger partial charge in [-0.3, -0.25) is 0 Å². The Hall–Kier alpha value is -0.640. The van der Waals surface area contributed by atoms with Gasteiger partial charge >= 0.3 is 0 Å². The van der Waals surface area contributed by atoms with Gasteiger partial charge in [-0.25, -0.2) is 0 Å². The Balaban J connectivity index is 1.84. The van der Waals surface area contributed by atoms with E-state index in [0.717, 1.165) is 16.8 Å². The van der Waals surface area contributed by atoms with Crippen molar-refractivity contribution in [1.29, 1.82) is 0 Å². The Morgan fingerprint density at radius 3 is 2.80 bits per heavy atom. The van der Waals surface area contributed by atoms with E-state index in [1.165, 1.54) is 32.1 Å². The molecule has 0 atom stereocenters. The number of rotatable bonds is 3. The van der Waals surface area contributed by atoms with Gasteiger partial charge in [-0.2, -0.15) is 16.7 Å². The molecule has 84 valence electrons. The summed E-state index contributed by atoms with van der Waals surface area (Å²) >= 11 is 1.98. The van der Waals surface area contributed by atoms with Gasteiger partial charge in [-0.1, -0.05) is 19.3 Å². The molecule has 1 N–H and O–H groups in total. The molecule has 0 saturated heterocycles. The Bertz CT molecular complexity index is 318. The van der Waals surface area contributed by atoms with Crippen molar-refractivity contribution < 1.29 is 5.11 Å². The van der Waals surface area contributed by atoms with Crippen LogP contribution in [0.25, 0.3) is 0 Å². The number of hydrogen-bond acceptors (Lipinski definition) is 3. The molecule has 0 radical (unpaired) electrons. The number of aryl methyl sites for hydroxylation is 1. The number of aromatic hydroxyl groups is 1. The summed E-state index contributed by atoms with van der Waals surface area (Å²) in [4.78, 5) is 4.09. The van der Waals surface area contributed by atoms with Gasteiger partial charge in [-0.15, -0.1) is 0 Å². The predicted molar refractivity (Wildman–Crippen MR) is 63.0 cm³/mol. The smallest absolute Gasteiger partial charge is 0.229 e. The SMILES string of the molecule is Cn1cc(O)nc1CSC1CCCCC1. The normalized spacial score (nSPS) is 18.2. The molecule has 1 aromatic heterocycles. The summed E-state index contributed by atoms with van der Waals surface area (Å²) in [5.41, 5.74) is 0. The summed E-state index contributed by atoms with van der Waals surface area (Å²) in [5.74, 6) is 2.03. The summed E-state index contributed by atoms with van der Waals surface area (Å²) in [6.07, 6.45) is 8.52. The van der Waals surface area contributed by atoms with E-state index in [9.17, 15) is 5.11 Å². The van der Waals surface area contributed by atoms with Crippen LogP contribution in [0, 0.1) is 0 Å². The zero-order valence-electron chi connectivity index (χ0n) is 9.15. The molecule has 3 nitrogen and oxygen atoms in total. The monoisotopic (exact) mass is 226 g/mol. The number of aromatic nitrogens is 2. The molecule has 1 aliphatic rings. The molecular formula is C11H18N2OS. The fourth-order valence-electron chi connectivity index (χ4n) is 2.05. The first-order valence-corrected chi connectivity index (χ1v) is 6.63. The van der Waals surface area contributed by atoms with Crippen molar-refractivity contribution in [3.8, 4) is 5.88 Å². The van der Waals surface area contributed by atoms with E-state index in [2.05, 4.69) is 4.98 Å². The van der Waals surface area contributed by atoms with Crippen LogP contribution < -0.4 is 0 Å². The minimum Gasteiger partial charge on any atom is -0.492 e. The second-order valence-electron chi connectivity index (χ2n) is 4.20. The van der Waals surface area contributed by atoms with Crippen LogP contribution in [0.4, 0.5) is 0 Å². The lowest BCUT2D eigenvalue weighted by atomic mass is 10.0. The van der Waals surface area contributed by atoms with Gasteiger partial charge < -0.3 is 9.67 Å². The molecule has 15 heavy (non-hydrogen) atoms. The fourth-order valence-corrected chi connectivity index (χ4v) is 3.37. The summed E-state index contributed by atoms with van der Waals surface area (Å²) in [6, 6.07) is 0. The third-order valence-corrected chi connectivity index (χ3v) is 4.33. The molecule has 4 heteroatoms. The molecule has 2 rings (SSSR count). The van der Waals surface area contributed by atoms with Gasteiger partial charge in [0.15, 0.2) is 0 Å². The van der Waals surface area contributed by atoms with Crippen molar-refractivity contribution in [3.63, 3.8) is 0 Å². The molecule has 0 amide bonds. The summed E-state index contributed by atoms with van der Waals surface area (Å²) < 4.78 is 1.91. The largest absolute Gasteiger partial charge is 0.492 e. The highest BCUT2D eigenvalue weighted by atomic mass is 32.2. The highest BCUT2D eigenvalue weighted by Gasteiger charge is 2.15. The van der Waals surface area contributed by atoms with Crippen molar-refractivity contribution in [2.24, 2.45) is 7.05 Å². The highest BCUT2D eigenvalue weighted by molar-refractivity contribution is 7.99. The quantitative estimate of drug-likeness (QED) is 0.861. The maximum absolute atomic E-state index is 9.23. The standard InChI is InChI=1S/C11H18N2OS/c1-13-7-11(14)12-10(13)8-15-9-5-3-2-4-6-9/h7,9,14H,2-6,8H2,1H3. The van der Waals surface area contributed by atoms with Crippen molar-refractivity contribution in [2.45, 2.75) is 43.1 Å². The molecule has 0 spiro atoms. The van der Waals surface area contributed by atoms with Gasteiger partial charge in [0.2, 0.25) is 5.88 Å². The van der Waals surface area contributed by atoms with E-state index in [1.807, 2.05) is 23.4 Å². The molecule has 1 heterocycles. The minimum atomic E-state index is 0.136. The number of hydrogen-bond donors (Lipinski definition) is 1.